The number of amides is 2. The fourth-order valence-corrected chi connectivity index (χ4v) is 3.93. The molecule has 0 saturated carbocycles. The predicted octanol–water partition coefficient (Wildman–Crippen LogP) is 1.65. The summed E-state index contributed by atoms with van der Waals surface area (Å²) in [5.41, 5.74) is 0.340. The van der Waals surface area contributed by atoms with E-state index in [0.29, 0.717) is 31.7 Å². The Morgan fingerprint density at radius 2 is 1.73 bits per heavy atom. The second-order valence-electron chi connectivity index (χ2n) is 5.97. The third-order valence-corrected chi connectivity index (χ3v) is 5.41. The lowest BCUT2D eigenvalue weighted by atomic mass is 10.2. The van der Waals surface area contributed by atoms with Crippen LogP contribution in [0.5, 0.6) is 0 Å². The second kappa shape index (κ2) is 8.27. The summed E-state index contributed by atoms with van der Waals surface area (Å²) >= 11 is 0. The smallest absolute Gasteiger partial charge is 0.289 e. The normalized spacial score (nSPS) is 15.7. The van der Waals surface area contributed by atoms with Gasteiger partial charge in [0, 0.05) is 42.5 Å². The molecule has 1 aliphatic rings. The van der Waals surface area contributed by atoms with Gasteiger partial charge in [0.1, 0.15) is 11.6 Å². The summed E-state index contributed by atoms with van der Waals surface area (Å²) in [6.07, 6.45) is 1.44. The van der Waals surface area contributed by atoms with Crippen molar-refractivity contribution in [2.24, 2.45) is 0 Å². The summed E-state index contributed by atoms with van der Waals surface area (Å²) in [7, 11) is -1.48. The Morgan fingerprint density at radius 3 is 2.38 bits per heavy atom. The van der Waals surface area contributed by atoms with E-state index in [-0.39, 0.29) is 29.1 Å². The molecule has 1 atom stereocenters. The largest absolute Gasteiger partial charge is 0.459 e. The quantitative estimate of drug-likeness (QED) is 0.793. The molecule has 3 rings (SSSR count). The van der Waals surface area contributed by atoms with E-state index in [4.69, 9.17) is 4.42 Å². The molecule has 2 aromatic rings. The Kier molecular flexibility index (Phi) is 5.82. The Balaban J connectivity index is 1.48. The molecule has 2 amide bonds. The monoisotopic (exact) mass is 378 g/mol. The SMILES string of the molecule is O=C(C[S@@](=O)Cc1ccccc1F)N1CCN(C(=O)c2ccco2)CC1. The third-order valence-electron chi connectivity index (χ3n) is 4.21. The van der Waals surface area contributed by atoms with Crippen LogP contribution in [0.1, 0.15) is 16.1 Å². The topological polar surface area (TPSA) is 70.8 Å². The summed E-state index contributed by atoms with van der Waals surface area (Å²) in [4.78, 5) is 27.7. The van der Waals surface area contributed by atoms with Gasteiger partial charge in [-0.25, -0.2) is 4.39 Å². The molecule has 1 fully saturated rings. The first kappa shape index (κ1) is 18.3. The van der Waals surface area contributed by atoms with E-state index in [9.17, 15) is 18.2 Å². The van der Waals surface area contributed by atoms with Gasteiger partial charge in [-0.15, -0.1) is 0 Å². The average molecular weight is 378 g/mol. The molecule has 138 valence electrons. The van der Waals surface area contributed by atoms with Gasteiger partial charge in [-0.1, -0.05) is 18.2 Å². The van der Waals surface area contributed by atoms with Crippen LogP contribution in [0.15, 0.2) is 47.1 Å². The van der Waals surface area contributed by atoms with Crippen LogP contribution in [0.25, 0.3) is 0 Å². The first-order valence-electron chi connectivity index (χ1n) is 8.23. The van der Waals surface area contributed by atoms with E-state index in [2.05, 4.69) is 0 Å². The lowest BCUT2D eigenvalue weighted by Crippen LogP contribution is -2.51. The highest BCUT2D eigenvalue weighted by molar-refractivity contribution is 7.84. The van der Waals surface area contributed by atoms with Crippen molar-refractivity contribution in [1.29, 1.82) is 0 Å². The van der Waals surface area contributed by atoms with Crippen molar-refractivity contribution in [2.45, 2.75) is 5.75 Å². The number of hydrogen-bond acceptors (Lipinski definition) is 4. The van der Waals surface area contributed by atoms with Crippen molar-refractivity contribution < 1.29 is 22.6 Å². The van der Waals surface area contributed by atoms with E-state index in [1.807, 2.05) is 0 Å². The Hall–Kier alpha value is -2.48. The van der Waals surface area contributed by atoms with Crippen molar-refractivity contribution in [3.63, 3.8) is 0 Å². The molecule has 0 bridgehead atoms. The van der Waals surface area contributed by atoms with Gasteiger partial charge in [-0.05, 0) is 18.2 Å². The van der Waals surface area contributed by atoms with Crippen LogP contribution in [0.2, 0.25) is 0 Å². The van der Waals surface area contributed by atoms with Crippen molar-refractivity contribution >= 4 is 22.6 Å². The molecule has 1 saturated heterocycles. The highest BCUT2D eigenvalue weighted by Gasteiger charge is 2.26. The lowest BCUT2D eigenvalue weighted by molar-refractivity contribution is -0.129. The maximum absolute atomic E-state index is 13.6. The minimum Gasteiger partial charge on any atom is -0.459 e. The summed E-state index contributed by atoms with van der Waals surface area (Å²) in [5, 5.41) is 0. The van der Waals surface area contributed by atoms with Crippen molar-refractivity contribution in [1.82, 2.24) is 9.80 Å². The molecule has 1 aromatic carbocycles. The van der Waals surface area contributed by atoms with Crippen LogP contribution in [-0.2, 0) is 21.3 Å². The van der Waals surface area contributed by atoms with Gasteiger partial charge in [0.05, 0.1) is 12.0 Å². The number of nitrogens with zero attached hydrogens (tertiary/aromatic N) is 2. The fraction of sp³-hybridized carbons (Fsp3) is 0.333. The minimum atomic E-state index is -1.48. The molecule has 8 heteroatoms. The van der Waals surface area contributed by atoms with Crippen LogP contribution in [-0.4, -0.2) is 57.8 Å². The molecule has 0 spiro atoms. The van der Waals surface area contributed by atoms with E-state index >= 15 is 0 Å². The first-order chi connectivity index (χ1) is 12.5. The van der Waals surface area contributed by atoms with Crippen molar-refractivity contribution in [3.05, 3.63) is 59.8 Å². The van der Waals surface area contributed by atoms with E-state index in [1.165, 1.54) is 12.3 Å². The van der Waals surface area contributed by atoms with Crippen molar-refractivity contribution in [2.75, 3.05) is 31.9 Å². The van der Waals surface area contributed by atoms with E-state index < -0.39 is 16.6 Å². The maximum atomic E-state index is 13.6. The van der Waals surface area contributed by atoms with Gasteiger partial charge >= 0.3 is 0 Å². The van der Waals surface area contributed by atoms with Crippen LogP contribution in [0.4, 0.5) is 4.39 Å². The van der Waals surface area contributed by atoms with Crippen LogP contribution < -0.4 is 0 Å². The number of hydrogen-bond donors (Lipinski definition) is 0. The predicted molar refractivity (Wildman–Crippen MR) is 94.3 cm³/mol. The second-order valence-corrected chi connectivity index (χ2v) is 7.43. The molecule has 2 heterocycles. The number of carbonyl (C=O) groups is 2. The summed E-state index contributed by atoms with van der Waals surface area (Å²) in [5.74, 6) is -0.736. The molecule has 0 unspecified atom stereocenters. The summed E-state index contributed by atoms with van der Waals surface area (Å²) < 4.78 is 30.9. The minimum absolute atomic E-state index is 0.00928. The molecule has 0 radical (unpaired) electrons. The molecule has 0 N–H and O–H groups in total. The number of furan rings is 1. The number of benzene rings is 1. The first-order valence-corrected chi connectivity index (χ1v) is 9.72. The number of carbonyl (C=O) groups excluding carboxylic acids is 2. The summed E-state index contributed by atoms with van der Waals surface area (Å²) in [6, 6.07) is 9.37. The molecule has 6 nitrogen and oxygen atoms in total. The number of rotatable bonds is 5. The van der Waals surface area contributed by atoms with Crippen LogP contribution in [0, 0.1) is 5.82 Å². The molecule has 26 heavy (non-hydrogen) atoms. The highest BCUT2D eigenvalue weighted by atomic mass is 32.2. The Labute approximate surface area is 153 Å². The van der Waals surface area contributed by atoms with Gasteiger partial charge in [0.15, 0.2) is 5.76 Å². The molecule has 0 aliphatic carbocycles. The number of halogens is 1. The third kappa shape index (κ3) is 4.37. The van der Waals surface area contributed by atoms with Gasteiger partial charge in [-0.2, -0.15) is 0 Å². The van der Waals surface area contributed by atoms with Gasteiger partial charge in [0.2, 0.25) is 5.91 Å². The zero-order chi connectivity index (χ0) is 18.5. The highest BCUT2D eigenvalue weighted by Crippen LogP contribution is 2.12. The van der Waals surface area contributed by atoms with Gasteiger partial charge < -0.3 is 14.2 Å². The maximum Gasteiger partial charge on any atom is 0.289 e. The van der Waals surface area contributed by atoms with Gasteiger partial charge in [-0.3, -0.25) is 13.8 Å². The molecule has 1 aliphatic heterocycles. The standard InChI is InChI=1S/C18H19FN2O4S/c19-15-5-2-1-4-14(15)12-26(24)13-17(22)20-7-9-21(10-8-20)18(23)16-6-3-11-25-16/h1-6,11H,7-10,12-13H2/t26-/m0/s1. The lowest BCUT2D eigenvalue weighted by Gasteiger charge is -2.34. The van der Waals surface area contributed by atoms with Gasteiger partial charge in [0.25, 0.3) is 5.91 Å². The summed E-state index contributed by atoms with van der Waals surface area (Å²) in [6.45, 7) is 1.54. The van der Waals surface area contributed by atoms with Crippen molar-refractivity contribution in [3.8, 4) is 0 Å². The zero-order valence-corrected chi connectivity index (χ0v) is 14.9. The number of piperazine rings is 1. The van der Waals surface area contributed by atoms with E-state index in [0.717, 1.165) is 0 Å². The molecular weight excluding hydrogens is 359 g/mol. The van der Waals surface area contributed by atoms with Crippen LogP contribution >= 0.6 is 0 Å². The van der Waals surface area contributed by atoms with Crippen LogP contribution in [0.3, 0.4) is 0 Å². The Bertz CT molecular complexity index is 801. The Morgan fingerprint density at radius 1 is 1.04 bits per heavy atom. The molecular formula is C18H19FN2O4S. The van der Waals surface area contributed by atoms with E-state index in [1.54, 1.807) is 40.1 Å². The molecule has 1 aromatic heterocycles. The fourth-order valence-electron chi connectivity index (χ4n) is 2.78. The average Bonchev–Trinajstić information content (AvgIpc) is 3.18. The zero-order valence-electron chi connectivity index (χ0n) is 14.1.